The van der Waals surface area contributed by atoms with Gasteiger partial charge in [-0.25, -0.2) is 0 Å². The summed E-state index contributed by atoms with van der Waals surface area (Å²) in [6, 6.07) is 6.29. The molecular formula is C11H17ClN4O3. The Hall–Kier alpha value is -1.86. The van der Waals surface area contributed by atoms with E-state index in [2.05, 4.69) is 5.32 Å². The average molecular weight is 289 g/mol. The molecule has 0 fully saturated rings. The molecule has 0 aromatic heterocycles. The van der Waals surface area contributed by atoms with E-state index in [1.807, 2.05) is 0 Å². The Kier molecular flexibility index (Phi) is 7.47. The number of carbonyl (C=O) groups excluding carboxylic acids is 1. The van der Waals surface area contributed by atoms with Crippen LogP contribution in [-0.2, 0) is 4.79 Å². The van der Waals surface area contributed by atoms with Gasteiger partial charge in [0.25, 0.3) is 5.69 Å². The van der Waals surface area contributed by atoms with E-state index in [1.54, 1.807) is 25.2 Å². The molecule has 0 saturated heterocycles. The number of rotatable bonds is 6. The van der Waals surface area contributed by atoms with E-state index in [0.717, 1.165) is 0 Å². The molecule has 0 saturated carbocycles. The first kappa shape index (κ1) is 17.1. The molecular weight excluding hydrogens is 272 g/mol. The third-order valence-corrected chi connectivity index (χ3v) is 2.34. The van der Waals surface area contributed by atoms with Crippen molar-refractivity contribution >= 4 is 29.7 Å². The number of anilines is 1. The number of benzene rings is 1. The lowest BCUT2D eigenvalue weighted by atomic mass is 10.2. The average Bonchev–Trinajstić information content (AvgIpc) is 2.36. The largest absolute Gasteiger partial charge is 0.360 e. The maximum atomic E-state index is 11.5. The highest BCUT2D eigenvalue weighted by molar-refractivity contribution is 5.85. The van der Waals surface area contributed by atoms with Gasteiger partial charge in [0.05, 0.1) is 11.5 Å². The third kappa shape index (κ3) is 5.11. The van der Waals surface area contributed by atoms with Crippen LogP contribution >= 0.6 is 12.4 Å². The first-order valence-electron chi connectivity index (χ1n) is 5.47. The Morgan fingerprint density at radius 1 is 1.47 bits per heavy atom. The number of likely N-dealkylation sites (N-methyl/N-ethyl adjacent to an activating group) is 1. The second-order valence-electron chi connectivity index (χ2n) is 3.74. The monoisotopic (exact) mass is 288 g/mol. The maximum Gasteiger partial charge on any atom is 0.292 e. The van der Waals surface area contributed by atoms with E-state index in [9.17, 15) is 14.9 Å². The van der Waals surface area contributed by atoms with Crippen LogP contribution in [0, 0.1) is 10.1 Å². The number of nitrogens with one attached hydrogen (secondary N) is 1. The van der Waals surface area contributed by atoms with Crippen LogP contribution in [0.2, 0.25) is 0 Å². The van der Waals surface area contributed by atoms with E-state index < -0.39 is 4.92 Å². The molecule has 0 heterocycles. The van der Waals surface area contributed by atoms with E-state index >= 15 is 0 Å². The number of amides is 1. The minimum atomic E-state index is -0.469. The van der Waals surface area contributed by atoms with Gasteiger partial charge >= 0.3 is 0 Å². The molecule has 19 heavy (non-hydrogen) atoms. The van der Waals surface area contributed by atoms with Crippen molar-refractivity contribution in [3.05, 3.63) is 34.4 Å². The van der Waals surface area contributed by atoms with Crippen molar-refractivity contribution in [3.63, 3.8) is 0 Å². The molecule has 0 aliphatic heterocycles. The van der Waals surface area contributed by atoms with Crippen LogP contribution in [0.5, 0.6) is 0 Å². The lowest BCUT2D eigenvalue weighted by Crippen LogP contribution is -2.37. The highest BCUT2D eigenvalue weighted by Gasteiger charge is 2.17. The van der Waals surface area contributed by atoms with Crippen LogP contribution in [0.1, 0.15) is 0 Å². The zero-order valence-corrected chi connectivity index (χ0v) is 11.4. The van der Waals surface area contributed by atoms with Gasteiger partial charge < -0.3 is 16.0 Å². The van der Waals surface area contributed by atoms with Gasteiger partial charge in [0.15, 0.2) is 0 Å². The smallest absolute Gasteiger partial charge is 0.292 e. The summed E-state index contributed by atoms with van der Waals surface area (Å²) >= 11 is 0. The van der Waals surface area contributed by atoms with Crippen LogP contribution in [0.15, 0.2) is 24.3 Å². The van der Waals surface area contributed by atoms with Crippen molar-refractivity contribution in [2.75, 3.05) is 31.6 Å². The summed E-state index contributed by atoms with van der Waals surface area (Å²) in [5.74, 6) is -0.221. The zero-order chi connectivity index (χ0) is 13.5. The van der Waals surface area contributed by atoms with Crippen molar-refractivity contribution < 1.29 is 9.72 Å². The third-order valence-electron chi connectivity index (χ3n) is 2.34. The second kappa shape index (κ2) is 8.28. The van der Waals surface area contributed by atoms with E-state index in [1.165, 1.54) is 11.0 Å². The maximum absolute atomic E-state index is 11.5. The van der Waals surface area contributed by atoms with Crippen LogP contribution in [-0.4, -0.2) is 37.5 Å². The number of hydrogen-bond acceptors (Lipinski definition) is 5. The quantitative estimate of drug-likeness (QED) is 0.587. The number of hydrogen-bond donors (Lipinski definition) is 2. The Morgan fingerprint density at radius 2 is 2.11 bits per heavy atom. The van der Waals surface area contributed by atoms with Crippen molar-refractivity contribution in [3.8, 4) is 0 Å². The van der Waals surface area contributed by atoms with Crippen molar-refractivity contribution in [2.45, 2.75) is 0 Å². The minimum Gasteiger partial charge on any atom is -0.360 e. The van der Waals surface area contributed by atoms with Gasteiger partial charge in [-0.1, -0.05) is 12.1 Å². The summed E-state index contributed by atoms with van der Waals surface area (Å²) in [5.41, 5.74) is 5.65. The first-order chi connectivity index (χ1) is 8.56. The van der Waals surface area contributed by atoms with Gasteiger partial charge in [-0.05, 0) is 6.07 Å². The van der Waals surface area contributed by atoms with E-state index in [0.29, 0.717) is 18.8 Å². The standard InChI is InChI=1S/C11H16N4O3.ClH/c1-14(8-11(16)13-7-6-12)9-4-2-3-5-10(9)15(17)18;/h2-5H,6-8,12H2,1H3,(H,13,16);1H. The van der Waals surface area contributed by atoms with Gasteiger partial charge in [-0.2, -0.15) is 0 Å². The number of nitrogens with two attached hydrogens (primary N) is 1. The fourth-order valence-electron chi connectivity index (χ4n) is 1.51. The summed E-state index contributed by atoms with van der Waals surface area (Å²) in [4.78, 5) is 23.4. The van der Waals surface area contributed by atoms with Crippen LogP contribution in [0.25, 0.3) is 0 Å². The number of nitro groups is 1. The molecule has 0 unspecified atom stereocenters. The van der Waals surface area contributed by atoms with Crippen LogP contribution in [0.3, 0.4) is 0 Å². The zero-order valence-electron chi connectivity index (χ0n) is 10.5. The lowest BCUT2D eigenvalue weighted by molar-refractivity contribution is -0.384. The van der Waals surface area contributed by atoms with Crippen LogP contribution < -0.4 is 16.0 Å². The highest BCUT2D eigenvalue weighted by Crippen LogP contribution is 2.26. The van der Waals surface area contributed by atoms with Gasteiger partial charge in [-0.15, -0.1) is 12.4 Å². The van der Waals surface area contributed by atoms with Crippen molar-refractivity contribution in [1.82, 2.24) is 5.32 Å². The van der Waals surface area contributed by atoms with Gasteiger partial charge in [0.2, 0.25) is 5.91 Å². The van der Waals surface area contributed by atoms with E-state index in [-0.39, 0.29) is 30.5 Å². The molecule has 106 valence electrons. The Balaban J connectivity index is 0.00000324. The van der Waals surface area contributed by atoms with E-state index in [4.69, 9.17) is 5.73 Å². The van der Waals surface area contributed by atoms with Gasteiger partial charge in [0, 0.05) is 26.2 Å². The first-order valence-corrected chi connectivity index (χ1v) is 5.47. The number of para-hydroxylation sites is 2. The molecule has 0 atom stereocenters. The van der Waals surface area contributed by atoms with Crippen molar-refractivity contribution in [2.24, 2.45) is 5.73 Å². The van der Waals surface area contributed by atoms with Gasteiger partial charge in [0.1, 0.15) is 5.69 Å². The molecule has 1 rings (SSSR count). The summed E-state index contributed by atoms with van der Waals surface area (Å²) in [6.45, 7) is 0.801. The molecule has 0 spiro atoms. The number of nitrogens with zero attached hydrogens (tertiary/aromatic N) is 2. The van der Waals surface area contributed by atoms with Crippen LogP contribution in [0.4, 0.5) is 11.4 Å². The second-order valence-corrected chi connectivity index (χ2v) is 3.74. The molecule has 0 aliphatic carbocycles. The summed E-state index contributed by atoms with van der Waals surface area (Å²) in [5, 5.41) is 13.5. The summed E-state index contributed by atoms with van der Waals surface area (Å²) in [7, 11) is 1.63. The molecule has 1 aromatic rings. The predicted octanol–water partition coefficient (Wildman–Crippen LogP) is 0.528. The lowest BCUT2D eigenvalue weighted by Gasteiger charge is -2.18. The molecule has 0 radical (unpaired) electrons. The fourth-order valence-corrected chi connectivity index (χ4v) is 1.51. The SMILES string of the molecule is CN(CC(=O)NCCN)c1ccccc1[N+](=O)[O-].Cl. The number of nitro benzene ring substituents is 1. The molecule has 7 nitrogen and oxygen atoms in total. The topological polar surface area (TPSA) is 102 Å². The molecule has 3 N–H and O–H groups in total. The summed E-state index contributed by atoms with van der Waals surface area (Å²) in [6.07, 6.45) is 0. The number of halogens is 1. The predicted molar refractivity (Wildman–Crippen MR) is 75.7 cm³/mol. The Morgan fingerprint density at radius 3 is 2.68 bits per heavy atom. The normalized spacial score (nSPS) is 9.37. The minimum absolute atomic E-state index is 0. The number of carbonyl (C=O) groups is 1. The molecule has 0 aliphatic rings. The molecule has 8 heteroatoms. The van der Waals surface area contributed by atoms with Gasteiger partial charge in [-0.3, -0.25) is 14.9 Å². The van der Waals surface area contributed by atoms with Crippen molar-refractivity contribution in [1.29, 1.82) is 0 Å². The fraction of sp³-hybridized carbons (Fsp3) is 0.364. The Bertz CT molecular complexity index is 442. The Labute approximate surface area is 117 Å². The summed E-state index contributed by atoms with van der Waals surface area (Å²) < 4.78 is 0. The molecule has 0 bridgehead atoms. The molecule has 1 aromatic carbocycles. The molecule has 1 amide bonds. The highest BCUT2D eigenvalue weighted by atomic mass is 35.5.